The van der Waals surface area contributed by atoms with Gasteiger partial charge in [-0.05, 0) is 26.5 Å². The van der Waals surface area contributed by atoms with Gasteiger partial charge >= 0.3 is 0 Å². The van der Waals surface area contributed by atoms with Crippen LogP contribution in [0.2, 0.25) is 0 Å². The van der Waals surface area contributed by atoms with E-state index < -0.39 is 0 Å². The molecule has 1 heterocycles. The molecular formula is C13H20N4O2. The molecule has 6 heteroatoms. The highest BCUT2D eigenvalue weighted by atomic mass is 16.3. The van der Waals surface area contributed by atoms with Gasteiger partial charge in [-0.25, -0.2) is 5.84 Å². The van der Waals surface area contributed by atoms with Gasteiger partial charge in [0.25, 0.3) is 5.91 Å². The largest absolute Gasteiger partial charge is 0.464 e. The fraction of sp³-hybridized carbons (Fsp3) is 0.538. The van der Waals surface area contributed by atoms with E-state index >= 15 is 0 Å². The number of nitrogens with one attached hydrogen (secondary N) is 1. The fourth-order valence-electron chi connectivity index (χ4n) is 1.88. The minimum atomic E-state index is -0.360. The average Bonchev–Trinajstić information content (AvgIpc) is 2.77. The summed E-state index contributed by atoms with van der Waals surface area (Å²) in [6, 6.07) is 3.90. The molecular weight excluding hydrogens is 244 g/mol. The Morgan fingerprint density at radius 2 is 2.37 bits per heavy atom. The molecule has 0 saturated heterocycles. The van der Waals surface area contributed by atoms with E-state index in [0.29, 0.717) is 30.2 Å². The zero-order valence-electron chi connectivity index (χ0n) is 11.6. The van der Waals surface area contributed by atoms with E-state index in [0.717, 1.165) is 6.54 Å². The SMILES string of the molecule is CCN(Cc1cc(C(=O)NN)c(C)o1)CC(C)C#N. The van der Waals surface area contributed by atoms with Gasteiger partial charge in [0.1, 0.15) is 11.5 Å². The smallest absolute Gasteiger partial charge is 0.268 e. The molecule has 1 unspecified atom stereocenters. The first-order valence-electron chi connectivity index (χ1n) is 6.24. The summed E-state index contributed by atoms with van der Waals surface area (Å²) in [6.45, 7) is 7.68. The zero-order valence-corrected chi connectivity index (χ0v) is 11.6. The number of carbonyl (C=O) groups is 1. The Bertz CT molecular complexity index is 475. The molecule has 1 aromatic heterocycles. The van der Waals surface area contributed by atoms with Crippen molar-refractivity contribution in [3.05, 3.63) is 23.2 Å². The van der Waals surface area contributed by atoms with E-state index in [-0.39, 0.29) is 11.8 Å². The fourth-order valence-corrected chi connectivity index (χ4v) is 1.88. The van der Waals surface area contributed by atoms with Gasteiger partial charge in [-0.2, -0.15) is 5.26 Å². The standard InChI is InChI=1S/C13H20N4O2/c1-4-17(7-9(2)6-14)8-11-5-12(10(3)19-11)13(18)16-15/h5,9H,4,7-8,15H2,1-3H3,(H,16,18). The lowest BCUT2D eigenvalue weighted by atomic mass is 10.2. The first-order valence-corrected chi connectivity index (χ1v) is 6.24. The minimum Gasteiger partial charge on any atom is -0.464 e. The maximum Gasteiger partial charge on any atom is 0.268 e. The predicted octanol–water partition coefficient (Wildman–Crippen LogP) is 1.17. The molecule has 6 nitrogen and oxygen atoms in total. The molecule has 104 valence electrons. The number of carbonyl (C=O) groups excluding carboxylic acids is 1. The summed E-state index contributed by atoms with van der Waals surface area (Å²) in [5, 5.41) is 8.83. The topological polar surface area (TPSA) is 95.3 Å². The van der Waals surface area contributed by atoms with Gasteiger partial charge in [0.15, 0.2) is 0 Å². The Balaban J connectivity index is 2.76. The summed E-state index contributed by atoms with van der Waals surface area (Å²) in [5.74, 6) is 5.95. The van der Waals surface area contributed by atoms with Gasteiger partial charge in [0, 0.05) is 6.54 Å². The van der Waals surface area contributed by atoms with Gasteiger partial charge in [-0.1, -0.05) is 6.92 Å². The molecule has 1 rings (SSSR count). The third-order valence-electron chi connectivity index (χ3n) is 2.92. The highest BCUT2D eigenvalue weighted by Gasteiger charge is 2.16. The van der Waals surface area contributed by atoms with Crippen molar-refractivity contribution in [1.29, 1.82) is 5.26 Å². The van der Waals surface area contributed by atoms with Crippen LogP contribution in [0.1, 0.15) is 35.7 Å². The number of nitriles is 1. The van der Waals surface area contributed by atoms with Crippen molar-refractivity contribution in [3.8, 4) is 6.07 Å². The summed E-state index contributed by atoms with van der Waals surface area (Å²) in [5.41, 5.74) is 2.53. The lowest BCUT2D eigenvalue weighted by Crippen LogP contribution is -2.30. The summed E-state index contributed by atoms with van der Waals surface area (Å²) in [7, 11) is 0. The number of nitrogens with zero attached hydrogens (tertiary/aromatic N) is 2. The second-order valence-corrected chi connectivity index (χ2v) is 4.51. The normalized spacial score (nSPS) is 12.2. The number of amides is 1. The summed E-state index contributed by atoms with van der Waals surface area (Å²) < 4.78 is 5.54. The van der Waals surface area contributed by atoms with Crippen molar-refractivity contribution < 1.29 is 9.21 Å². The van der Waals surface area contributed by atoms with Crippen molar-refractivity contribution >= 4 is 5.91 Å². The van der Waals surface area contributed by atoms with Crippen molar-refractivity contribution in [2.75, 3.05) is 13.1 Å². The van der Waals surface area contributed by atoms with Gasteiger partial charge < -0.3 is 4.42 Å². The number of nitrogens with two attached hydrogens (primary N) is 1. The Morgan fingerprint density at radius 1 is 1.68 bits per heavy atom. The van der Waals surface area contributed by atoms with Crippen molar-refractivity contribution in [2.45, 2.75) is 27.3 Å². The van der Waals surface area contributed by atoms with E-state index in [1.165, 1.54) is 0 Å². The summed E-state index contributed by atoms with van der Waals surface area (Å²) in [4.78, 5) is 13.6. The maximum atomic E-state index is 11.5. The van der Waals surface area contributed by atoms with Gasteiger partial charge in [0.05, 0.1) is 24.1 Å². The predicted molar refractivity (Wildman–Crippen MR) is 70.8 cm³/mol. The third-order valence-corrected chi connectivity index (χ3v) is 2.92. The summed E-state index contributed by atoms with van der Waals surface area (Å²) >= 11 is 0. The maximum absolute atomic E-state index is 11.5. The van der Waals surface area contributed by atoms with Crippen LogP contribution in [0.4, 0.5) is 0 Å². The molecule has 1 atom stereocenters. The first kappa shape index (κ1) is 15.2. The van der Waals surface area contributed by atoms with E-state index in [1.807, 2.05) is 13.8 Å². The van der Waals surface area contributed by atoms with Crippen LogP contribution in [-0.4, -0.2) is 23.9 Å². The Kier molecular flexibility index (Phi) is 5.55. The number of nitrogen functional groups attached to an aromatic ring is 1. The number of hydrazine groups is 1. The number of rotatable bonds is 6. The zero-order chi connectivity index (χ0) is 14.4. The molecule has 0 aliphatic rings. The van der Waals surface area contributed by atoms with E-state index in [4.69, 9.17) is 15.5 Å². The van der Waals surface area contributed by atoms with Gasteiger partial charge in [-0.15, -0.1) is 0 Å². The summed E-state index contributed by atoms with van der Waals surface area (Å²) in [6.07, 6.45) is 0. The van der Waals surface area contributed by atoms with Crippen LogP contribution >= 0.6 is 0 Å². The molecule has 0 aliphatic heterocycles. The Hall–Kier alpha value is -1.84. The average molecular weight is 264 g/mol. The van der Waals surface area contributed by atoms with Crippen LogP contribution in [0.3, 0.4) is 0 Å². The van der Waals surface area contributed by atoms with Crippen LogP contribution in [0.15, 0.2) is 10.5 Å². The quantitative estimate of drug-likeness (QED) is 0.457. The molecule has 0 radical (unpaired) electrons. The molecule has 1 aromatic rings. The molecule has 0 saturated carbocycles. The molecule has 0 aromatic carbocycles. The highest BCUT2D eigenvalue weighted by molar-refractivity contribution is 5.94. The molecule has 0 aliphatic carbocycles. The van der Waals surface area contributed by atoms with Crippen LogP contribution in [0.25, 0.3) is 0 Å². The Labute approximate surface area is 113 Å². The third kappa shape index (κ3) is 4.09. The molecule has 19 heavy (non-hydrogen) atoms. The molecule has 0 spiro atoms. The molecule has 3 N–H and O–H groups in total. The lowest BCUT2D eigenvalue weighted by Gasteiger charge is -2.19. The van der Waals surface area contributed by atoms with Crippen molar-refractivity contribution in [2.24, 2.45) is 11.8 Å². The van der Waals surface area contributed by atoms with E-state index in [1.54, 1.807) is 13.0 Å². The van der Waals surface area contributed by atoms with Gasteiger partial charge in [0.2, 0.25) is 0 Å². The van der Waals surface area contributed by atoms with Gasteiger partial charge in [-0.3, -0.25) is 15.1 Å². The molecule has 1 amide bonds. The molecule has 0 fully saturated rings. The number of furan rings is 1. The van der Waals surface area contributed by atoms with E-state index in [9.17, 15) is 4.79 Å². The number of hydrogen-bond donors (Lipinski definition) is 2. The number of aryl methyl sites for hydroxylation is 1. The lowest BCUT2D eigenvalue weighted by molar-refractivity contribution is 0.0952. The van der Waals surface area contributed by atoms with E-state index in [2.05, 4.69) is 16.4 Å². The van der Waals surface area contributed by atoms with Crippen molar-refractivity contribution in [3.63, 3.8) is 0 Å². The first-order chi connectivity index (χ1) is 9.01. The van der Waals surface area contributed by atoms with Crippen LogP contribution in [0.5, 0.6) is 0 Å². The second-order valence-electron chi connectivity index (χ2n) is 4.51. The van der Waals surface area contributed by atoms with Crippen LogP contribution in [0, 0.1) is 24.2 Å². The Morgan fingerprint density at radius 3 is 2.89 bits per heavy atom. The van der Waals surface area contributed by atoms with Crippen LogP contribution < -0.4 is 11.3 Å². The highest BCUT2D eigenvalue weighted by Crippen LogP contribution is 2.16. The van der Waals surface area contributed by atoms with Crippen LogP contribution in [-0.2, 0) is 6.54 Å². The number of hydrogen-bond acceptors (Lipinski definition) is 5. The minimum absolute atomic E-state index is 0.0391. The second kappa shape index (κ2) is 6.92. The monoisotopic (exact) mass is 264 g/mol. The van der Waals surface area contributed by atoms with Crippen molar-refractivity contribution in [1.82, 2.24) is 10.3 Å². The molecule has 0 bridgehead atoms.